The first-order valence-corrected chi connectivity index (χ1v) is 7.21. The van der Waals surface area contributed by atoms with Gasteiger partial charge in [0.25, 0.3) is 0 Å². The number of benzene rings is 1. The monoisotopic (exact) mass is 359 g/mol. The van der Waals surface area contributed by atoms with Gasteiger partial charge in [-0.1, -0.05) is 0 Å². The van der Waals surface area contributed by atoms with Gasteiger partial charge in [0.15, 0.2) is 0 Å². The van der Waals surface area contributed by atoms with Crippen molar-refractivity contribution in [1.29, 1.82) is 0 Å². The van der Waals surface area contributed by atoms with E-state index < -0.39 is 11.9 Å². The second kappa shape index (κ2) is 6.86. The highest BCUT2D eigenvalue weighted by Gasteiger charge is 2.24. The van der Waals surface area contributed by atoms with Gasteiger partial charge in [-0.2, -0.15) is 0 Å². The third-order valence-corrected chi connectivity index (χ3v) is 3.85. The molecule has 21 heavy (non-hydrogen) atoms. The summed E-state index contributed by atoms with van der Waals surface area (Å²) in [6, 6.07) is 3.77. The average Bonchev–Trinajstić information content (AvgIpc) is 2.43. The predicted octanol–water partition coefficient (Wildman–Crippen LogP) is 1.87. The molecule has 1 unspecified atom stereocenters. The summed E-state index contributed by atoms with van der Waals surface area (Å²) < 4.78 is 13.7. The van der Waals surface area contributed by atoms with Gasteiger partial charge in [-0.25, -0.2) is 9.18 Å². The van der Waals surface area contributed by atoms with Gasteiger partial charge >= 0.3 is 6.09 Å². The van der Waals surface area contributed by atoms with Crippen LogP contribution < -0.4 is 10.6 Å². The van der Waals surface area contributed by atoms with E-state index in [0.29, 0.717) is 23.2 Å². The van der Waals surface area contributed by atoms with Crippen LogP contribution in [-0.2, 0) is 4.79 Å². The molecule has 0 aromatic heterocycles. The summed E-state index contributed by atoms with van der Waals surface area (Å²) in [7, 11) is 0. The number of hydrogen-bond donors (Lipinski definition) is 3. The van der Waals surface area contributed by atoms with Crippen LogP contribution in [0.2, 0.25) is 0 Å². The number of carboxylic acid groups (broad SMARTS) is 1. The molecule has 0 saturated carbocycles. The second-order valence-corrected chi connectivity index (χ2v) is 5.61. The summed E-state index contributed by atoms with van der Waals surface area (Å²) in [4.78, 5) is 24.1. The number of anilines is 1. The lowest BCUT2D eigenvalue weighted by Crippen LogP contribution is -2.53. The quantitative estimate of drug-likeness (QED) is 0.769. The molecule has 8 heteroatoms. The van der Waals surface area contributed by atoms with Crippen molar-refractivity contribution >= 4 is 33.6 Å². The Morgan fingerprint density at radius 2 is 2.29 bits per heavy atom. The minimum atomic E-state index is -0.991. The standard InChI is InChI=1S/C13H15BrFN3O3/c14-10-2-1-8(15)5-11(10)17-12(19)6-9-7-18(13(20)21)4-3-16-9/h1-2,5,9,16H,3-4,6-7H2,(H,17,19)(H,20,21). The molecule has 6 nitrogen and oxygen atoms in total. The van der Waals surface area contributed by atoms with Crippen LogP contribution in [0.15, 0.2) is 22.7 Å². The molecule has 2 rings (SSSR count). The van der Waals surface area contributed by atoms with Crippen molar-refractivity contribution in [2.24, 2.45) is 0 Å². The Morgan fingerprint density at radius 1 is 1.52 bits per heavy atom. The Labute approximate surface area is 129 Å². The number of rotatable bonds is 3. The highest BCUT2D eigenvalue weighted by molar-refractivity contribution is 9.10. The molecule has 1 saturated heterocycles. The summed E-state index contributed by atoms with van der Waals surface area (Å²) in [6.45, 7) is 1.17. The van der Waals surface area contributed by atoms with Gasteiger partial charge in [-0.05, 0) is 34.1 Å². The Kier molecular flexibility index (Phi) is 5.13. The molecule has 0 spiro atoms. The lowest BCUT2D eigenvalue weighted by Gasteiger charge is -2.31. The minimum Gasteiger partial charge on any atom is -0.465 e. The summed E-state index contributed by atoms with van der Waals surface area (Å²) in [6.07, 6.45) is -0.873. The number of nitrogens with zero attached hydrogens (tertiary/aromatic N) is 1. The van der Waals surface area contributed by atoms with E-state index in [4.69, 9.17) is 5.11 Å². The molecule has 0 radical (unpaired) electrons. The predicted molar refractivity (Wildman–Crippen MR) is 78.7 cm³/mol. The van der Waals surface area contributed by atoms with Crippen LogP contribution >= 0.6 is 15.9 Å². The highest BCUT2D eigenvalue weighted by Crippen LogP contribution is 2.23. The molecule has 1 heterocycles. The van der Waals surface area contributed by atoms with E-state index in [0.717, 1.165) is 0 Å². The van der Waals surface area contributed by atoms with Crippen LogP contribution in [0.5, 0.6) is 0 Å². The number of hydrogen-bond acceptors (Lipinski definition) is 3. The van der Waals surface area contributed by atoms with Crippen molar-refractivity contribution in [1.82, 2.24) is 10.2 Å². The third-order valence-electron chi connectivity index (χ3n) is 3.16. The summed E-state index contributed by atoms with van der Waals surface area (Å²) >= 11 is 3.23. The molecule has 1 aromatic rings. The highest BCUT2D eigenvalue weighted by atomic mass is 79.9. The summed E-state index contributed by atoms with van der Waals surface area (Å²) in [5, 5.41) is 14.6. The fourth-order valence-electron chi connectivity index (χ4n) is 2.15. The van der Waals surface area contributed by atoms with Crippen LogP contribution in [-0.4, -0.2) is 47.7 Å². The van der Waals surface area contributed by atoms with E-state index >= 15 is 0 Å². The lowest BCUT2D eigenvalue weighted by atomic mass is 10.1. The topological polar surface area (TPSA) is 81.7 Å². The SMILES string of the molecule is O=C(CC1CN(C(=O)O)CCN1)Nc1cc(F)ccc1Br. The number of carbonyl (C=O) groups excluding carboxylic acids is 1. The molecular weight excluding hydrogens is 345 g/mol. The molecule has 1 aliphatic rings. The average molecular weight is 360 g/mol. The van der Waals surface area contributed by atoms with E-state index in [9.17, 15) is 14.0 Å². The maximum absolute atomic E-state index is 13.1. The first-order chi connectivity index (χ1) is 9.95. The van der Waals surface area contributed by atoms with Gasteiger partial charge in [-0.15, -0.1) is 0 Å². The zero-order valence-electron chi connectivity index (χ0n) is 11.1. The van der Waals surface area contributed by atoms with Crippen LogP contribution in [0, 0.1) is 5.82 Å². The van der Waals surface area contributed by atoms with Crippen molar-refractivity contribution in [3.63, 3.8) is 0 Å². The lowest BCUT2D eigenvalue weighted by molar-refractivity contribution is -0.116. The van der Waals surface area contributed by atoms with Crippen LogP contribution in [0.1, 0.15) is 6.42 Å². The molecule has 0 aliphatic carbocycles. The minimum absolute atomic E-state index is 0.118. The van der Waals surface area contributed by atoms with Crippen molar-refractivity contribution in [3.05, 3.63) is 28.5 Å². The van der Waals surface area contributed by atoms with Crippen molar-refractivity contribution in [2.75, 3.05) is 25.0 Å². The Hall–Kier alpha value is -1.67. The molecule has 1 fully saturated rings. The zero-order chi connectivity index (χ0) is 15.4. The Morgan fingerprint density at radius 3 is 3.00 bits per heavy atom. The van der Waals surface area contributed by atoms with Gasteiger partial charge < -0.3 is 20.6 Å². The largest absolute Gasteiger partial charge is 0.465 e. The molecule has 2 amide bonds. The molecule has 1 aliphatic heterocycles. The maximum Gasteiger partial charge on any atom is 0.407 e. The first-order valence-electron chi connectivity index (χ1n) is 6.42. The maximum atomic E-state index is 13.1. The first kappa shape index (κ1) is 15.7. The van der Waals surface area contributed by atoms with Crippen LogP contribution in [0.4, 0.5) is 14.9 Å². The molecule has 3 N–H and O–H groups in total. The van der Waals surface area contributed by atoms with Gasteiger partial charge in [0.2, 0.25) is 5.91 Å². The number of nitrogens with one attached hydrogen (secondary N) is 2. The number of halogens is 2. The molecule has 114 valence electrons. The van der Waals surface area contributed by atoms with Crippen molar-refractivity contribution in [3.8, 4) is 0 Å². The molecule has 1 atom stereocenters. The van der Waals surface area contributed by atoms with Gasteiger partial charge in [-0.3, -0.25) is 4.79 Å². The second-order valence-electron chi connectivity index (χ2n) is 4.76. The fraction of sp³-hybridized carbons (Fsp3) is 0.385. The van der Waals surface area contributed by atoms with E-state index in [-0.39, 0.29) is 24.9 Å². The van der Waals surface area contributed by atoms with E-state index in [2.05, 4.69) is 26.6 Å². The smallest absolute Gasteiger partial charge is 0.407 e. The normalized spacial score (nSPS) is 18.4. The number of carbonyl (C=O) groups is 2. The number of piperazine rings is 1. The van der Waals surface area contributed by atoms with E-state index in [1.807, 2.05) is 0 Å². The van der Waals surface area contributed by atoms with E-state index in [1.54, 1.807) is 0 Å². The van der Waals surface area contributed by atoms with Gasteiger partial charge in [0.05, 0.1) is 5.69 Å². The van der Waals surface area contributed by atoms with Crippen molar-refractivity contribution in [2.45, 2.75) is 12.5 Å². The number of amides is 2. The molecular formula is C13H15BrFN3O3. The summed E-state index contributed by atoms with van der Waals surface area (Å²) in [5.74, 6) is -0.743. The fourth-order valence-corrected chi connectivity index (χ4v) is 2.50. The van der Waals surface area contributed by atoms with Gasteiger partial charge in [0, 0.05) is 36.6 Å². The Balaban J connectivity index is 1.92. The van der Waals surface area contributed by atoms with Gasteiger partial charge in [0.1, 0.15) is 5.82 Å². The van der Waals surface area contributed by atoms with Crippen molar-refractivity contribution < 1.29 is 19.1 Å². The third kappa shape index (κ3) is 4.40. The Bertz CT molecular complexity index is 555. The molecule has 0 bridgehead atoms. The van der Waals surface area contributed by atoms with Crippen LogP contribution in [0.3, 0.4) is 0 Å². The summed E-state index contributed by atoms with van der Waals surface area (Å²) in [5.41, 5.74) is 0.353. The zero-order valence-corrected chi connectivity index (χ0v) is 12.7. The van der Waals surface area contributed by atoms with E-state index in [1.165, 1.54) is 23.1 Å². The van der Waals surface area contributed by atoms with Crippen LogP contribution in [0.25, 0.3) is 0 Å². The molecule has 1 aromatic carbocycles.